The van der Waals surface area contributed by atoms with Gasteiger partial charge in [0.25, 0.3) is 5.91 Å². The lowest BCUT2D eigenvalue weighted by atomic mass is 10.0. The molecule has 0 aliphatic carbocycles. The van der Waals surface area contributed by atoms with Crippen molar-refractivity contribution in [3.63, 3.8) is 0 Å². The summed E-state index contributed by atoms with van der Waals surface area (Å²) in [5, 5.41) is 13.2. The number of carbonyl (C=O) groups is 1. The van der Waals surface area contributed by atoms with Crippen LogP contribution in [0.5, 0.6) is 5.75 Å². The van der Waals surface area contributed by atoms with Crippen molar-refractivity contribution >= 4 is 29.1 Å². The Balaban J connectivity index is 1.89. The van der Waals surface area contributed by atoms with Crippen molar-refractivity contribution < 1.29 is 9.53 Å². The Morgan fingerprint density at radius 3 is 2.48 bits per heavy atom. The van der Waals surface area contributed by atoms with E-state index in [0.29, 0.717) is 21.4 Å². The summed E-state index contributed by atoms with van der Waals surface area (Å²) in [6.07, 6.45) is 0. The van der Waals surface area contributed by atoms with Crippen LogP contribution in [-0.2, 0) is 6.54 Å². The van der Waals surface area contributed by atoms with Gasteiger partial charge in [0.05, 0.1) is 39.7 Å². The van der Waals surface area contributed by atoms with Gasteiger partial charge in [0.1, 0.15) is 11.8 Å². The molecule has 0 aliphatic heterocycles. The van der Waals surface area contributed by atoms with Crippen LogP contribution in [0.15, 0.2) is 48.5 Å². The van der Waals surface area contributed by atoms with E-state index in [4.69, 9.17) is 27.9 Å². The summed E-state index contributed by atoms with van der Waals surface area (Å²) in [5.41, 5.74) is 3.22. The first-order valence-electron chi connectivity index (χ1n) is 8.71. The molecule has 0 radical (unpaired) electrons. The Hall–Kier alpha value is -3.07. The minimum absolute atomic E-state index is 0.244. The molecule has 2 aromatic carbocycles. The summed E-state index contributed by atoms with van der Waals surface area (Å²) in [6, 6.07) is 16.2. The van der Waals surface area contributed by atoms with Gasteiger partial charge >= 0.3 is 0 Å². The standard InChI is InChI=1S/C22H17Cl2N3O2/c1-13-18(11-25)17(10-21(27-13)15-4-6-16(29-2)7-5-15)22(28)26-12-14-3-8-19(23)20(24)9-14/h3-10H,12H2,1-2H3,(H,26,28). The molecular formula is C22H17Cl2N3O2. The number of aromatic nitrogens is 1. The molecule has 3 aromatic rings. The van der Waals surface area contributed by atoms with E-state index < -0.39 is 0 Å². The molecule has 0 saturated carbocycles. The highest BCUT2D eigenvalue weighted by atomic mass is 35.5. The fourth-order valence-electron chi connectivity index (χ4n) is 2.83. The van der Waals surface area contributed by atoms with Crippen LogP contribution < -0.4 is 10.1 Å². The lowest BCUT2D eigenvalue weighted by molar-refractivity contribution is 0.0950. The van der Waals surface area contributed by atoms with Crippen LogP contribution in [0.3, 0.4) is 0 Å². The normalized spacial score (nSPS) is 10.3. The molecule has 7 heteroatoms. The monoisotopic (exact) mass is 425 g/mol. The lowest BCUT2D eigenvalue weighted by Crippen LogP contribution is -2.24. The minimum Gasteiger partial charge on any atom is -0.497 e. The van der Waals surface area contributed by atoms with Crippen LogP contribution in [0.25, 0.3) is 11.3 Å². The lowest BCUT2D eigenvalue weighted by Gasteiger charge is -2.11. The van der Waals surface area contributed by atoms with E-state index in [1.807, 2.05) is 24.3 Å². The number of aryl methyl sites for hydroxylation is 1. The number of amides is 1. The minimum atomic E-state index is -0.368. The summed E-state index contributed by atoms with van der Waals surface area (Å²) in [7, 11) is 1.59. The van der Waals surface area contributed by atoms with Gasteiger partial charge in [-0.15, -0.1) is 0 Å². The molecule has 0 bridgehead atoms. The summed E-state index contributed by atoms with van der Waals surface area (Å²) in [4.78, 5) is 17.3. The maximum Gasteiger partial charge on any atom is 0.253 e. The molecule has 0 aliphatic rings. The van der Waals surface area contributed by atoms with Gasteiger partial charge in [0, 0.05) is 12.1 Å². The average molecular weight is 426 g/mol. The molecule has 0 atom stereocenters. The molecule has 1 amide bonds. The smallest absolute Gasteiger partial charge is 0.253 e. The molecule has 0 saturated heterocycles. The summed E-state index contributed by atoms with van der Waals surface area (Å²) < 4.78 is 5.17. The Labute approximate surface area is 178 Å². The predicted molar refractivity (Wildman–Crippen MR) is 113 cm³/mol. The van der Waals surface area contributed by atoms with Crippen molar-refractivity contribution in [1.29, 1.82) is 5.26 Å². The number of nitrogens with zero attached hydrogens (tertiary/aromatic N) is 2. The predicted octanol–water partition coefficient (Wildman–Crippen LogP) is 5.17. The number of carbonyl (C=O) groups excluding carboxylic acids is 1. The van der Waals surface area contributed by atoms with Gasteiger partial charge < -0.3 is 10.1 Å². The van der Waals surface area contributed by atoms with Gasteiger partial charge in [-0.05, 0) is 55.0 Å². The van der Waals surface area contributed by atoms with Crippen LogP contribution in [0.2, 0.25) is 10.0 Å². The Kier molecular flexibility index (Phi) is 6.38. The zero-order chi connectivity index (χ0) is 21.0. The second-order valence-corrected chi connectivity index (χ2v) is 7.10. The number of hydrogen-bond donors (Lipinski definition) is 1. The molecular weight excluding hydrogens is 409 g/mol. The zero-order valence-electron chi connectivity index (χ0n) is 15.8. The van der Waals surface area contributed by atoms with E-state index in [9.17, 15) is 10.1 Å². The van der Waals surface area contributed by atoms with Gasteiger partial charge in [0.15, 0.2) is 0 Å². The van der Waals surface area contributed by atoms with Crippen molar-refractivity contribution in [2.24, 2.45) is 0 Å². The van der Waals surface area contributed by atoms with Crippen LogP contribution in [0.1, 0.15) is 27.2 Å². The number of benzene rings is 2. The second kappa shape index (κ2) is 8.95. The van der Waals surface area contributed by atoms with Gasteiger partial charge in [0.2, 0.25) is 0 Å². The fraction of sp³-hybridized carbons (Fsp3) is 0.136. The average Bonchev–Trinajstić information content (AvgIpc) is 2.73. The number of nitriles is 1. The number of hydrogen-bond acceptors (Lipinski definition) is 4. The highest BCUT2D eigenvalue weighted by Gasteiger charge is 2.17. The maximum atomic E-state index is 12.8. The van der Waals surface area contributed by atoms with Crippen LogP contribution in [0.4, 0.5) is 0 Å². The van der Waals surface area contributed by atoms with E-state index in [1.54, 1.807) is 38.3 Å². The van der Waals surface area contributed by atoms with Crippen molar-refractivity contribution in [3.05, 3.63) is 81.0 Å². The molecule has 1 aromatic heterocycles. The molecule has 0 fully saturated rings. The first-order chi connectivity index (χ1) is 13.9. The topological polar surface area (TPSA) is 75.0 Å². The van der Waals surface area contributed by atoms with Gasteiger partial charge in [-0.3, -0.25) is 9.78 Å². The third kappa shape index (κ3) is 4.68. The number of methoxy groups -OCH3 is 1. The number of rotatable bonds is 5. The van der Waals surface area contributed by atoms with Gasteiger partial charge in [-0.25, -0.2) is 0 Å². The summed E-state index contributed by atoms with van der Waals surface area (Å²) in [6.45, 7) is 1.96. The second-order valence-electron chi connectivity index (χ2n) is 6.29. The molecule has 1 heterocycles. The molecule has 146 valence electrons. The molecule has 29 heavy (non-hydrogen) atoms. The van der Waals surface area contributed by atoms with Gasteiger partial charge in [-0.1, -0.05) is 29.3 Å². The first-order valence-corrected chi connectivity index (χ1v) is 9.47. The van der Waals surface area contributed by atoms with Crippen molar-refractivity contribution in [2.45, 2.75) is 13.5 Å². The highest BCUT2D eigenvalue weighted by molar-refractivity contribution is 6.42. The van der Waals surface area contributed by atoms with Crippen LogP contribution >= 0.6 is 23.2 Å². The largest absolute Gasteiger partial charge is 0.497 e. The summed E-state index contributed by atoms with van der Waals surface area (Å²) in [5.74, 6) is 0.353. The third-order valence-electron chi connectivity index (χ3n) is 4.38. The van der Waals surface area contributed by atoms with E-state index >= 15 is 0 Å². The van der Waals surface area contributed by atoms with E-state index in [2.05, 4.69) is 16.4 Å². The maximum absolute atomic E-state index is 12.8. The first kappa shape index (κ1) is 20.7. The number of pyridine rings is 1. The molecule has 5 nitrogen and oxygen atoms in total. The van der Waals surface area contributed by atoms with Crippen molar-refractivity contribution in [3.8, 4) is 23.1 Å². The van der Waals surface area contributed by atoms with Crippen LogP contribution in [0, 0.1) is 18.3 Å². The molecule has 0 unspecified atom stereocenters. The number of nitrogens with one attached hydrogen (secondary N) is 1. The molecule has 1 N–H and O–H groups in total. The summed E-state index contributed by atoms with van der Waals surface area (Å²) >= 11 is 11.9. The fourth-order valence-corrected chi connectivity index (χ4v) is 3.15. The Morgan fingerprint density at radius 1 is 1.14 bits per heavy atom. The molecule has 3 rings (SSSR count). The van der Waals surface area contributed by atoms with Gasteiger partial charge in [-0.2, -0.15) is 5.26 Å². The number of halogens is 2. The van der Waals surface area contributed by atoms with E-state index in [-0.39, 0.29) is 23.6 Å². The SMILES string of the molecule is COc1ccc(-c2cc(C(=O)NCc3ccc(Cl)c(Cl)c3)c(C#N)c(C)n2)cc1. The Morgan fingerprint density at radius 2 is 1.86 bits per heavy atom. The van der Waals surface area contributed by atoms with Crippen molar-refractivity contribution in [1.82, 2.24) is 10.3 Å². The highest BCUT2D eigenvalue weighted by Crippen LogP contribution is 2.25. The Bertz CT molecular complexity index is 1110. The van der Waals surface area contributed by atoms with Crippen molar-refractivity contribution in [2.75, 3.05) is 7.11 Å². The number of ether oxygens (including phenoxy) is 1. The van der Waals surface area contributed by atoms with E-state index in [0.717, 1.165) is 16.9 Å². The zero-order valence-corrected chi connectivity index (χ0v) is 17.3. The third-order valence-corrected chi connectivity index (χ3v) is 5.12. The quantitative estimate of drug-likeness (QED) is 0.611. The van der Waals surface area contributed by atoms with E-state index in [1.165, 1.54) is 0 Å². The van der Waals surface area contributed by atoms with Crippen LogP contribution in [-0.4, -0.2) is 18.0 Å². The molecule has 0 spiro atoms.